The third kappa shape index (κ3) is 1.59. The van der Waals surface area contributed by atoms with Gasteiger partial charge in [0.1, 0.15) is 5.52 Å². The van der Waals surface area contributed by atoms with E-state index in [2.05, 4.69) is 10.3 Å². The van der Waals surface area contributed by atoms with E-state index in [1.54, 1.807) is 12.1 Å². The van der Waals surface area contributed by atoms with Crippen LogP contribution >= 0.6 is 0 Å². The molecule has 1 aliphatic rings. The van der Waals surface area contributed by atoms with Gasteiger partial charge in [0.25, 0.3) is 6.01 Å². The molecule has 4 N–H and O–H groups in total. The molecular formula is C11H13N3O2. The minimum atomic E-state index is -0.183. The predicted molar refractivity (Wildman–Crippen MR) is 61.1 cm³/mol. The first-order chi connectivity index (χ1) is 7.70. The second kappa shape index (κ2) is 3.38. The van der Waals surface area contributed by atoms with E-state index >= 15 is 0 Å². The minimum Gasteiger partial charge on any atom is -0.423 e. The zero-order chi connectivity index (χ0) is 11.1. The lowest BCUT2D eigenvalue weighted by Gasteiger charge is -2.31. The molecule has 0 amide bonds. The lowest BCUT2D eigenvalue weighted by Crippen LogP contribution is -2.38. The second-order valence-electron chi connectivity index (χ2n) is 4.21. The number of aliphatic hydroxyl groups is 1. The molecule has 1 aromatic heterocycles. The van der Waals surface area contributed by atoms with Gasteiger partial charge in [-0.05, 0) is 25.0 Å². The molecule has 0 unspecified atom stereocenters. The summed E-state index contributed by atoms with van der Waals surface area (Å²) >= 11 is 0. The molecule has 0 spiro atoms. The van der Waals surface area contributed by atoms with Crippen molar-refractivity contribution in [1.82, 2.24) is 4.98 Å². The summed E-state index contributed by atoms with van der Waals surface area (Å²) in [5.41, 5.74) is 7.78. The van der Waals surface area contributed by atoms with Crippen LogP contribution < -0.4 is 11.1 Å². The molecule has 1 aliphatic carbocycles. The normalized spacial score (nSPS) is 24.3. The highest BCUT2D eigenvalue weighted by Gasteiger charge is 2.28. The van der Waals surface area contributed by atoms with E-state index in [4.69, 9.17) is 15.3 Å². The standard InChI is InChI=1S/C11H13N3O2/c12-6-1-2-9-10(3-6)16-11(14-9)13-7-4-8(15)5-7/h1-3,7-8,15H,4-5,12H2,(H,13,14). The topological polar surface area (TPSA) is 84.3 Å². The van der Waals surface area contributed by atoms with Gasteiger partial charge in [-0.2, -0.15) is 4.98 Å². The Bertz CT molecular complexity index is 517. The Morgan fingerprint density at radius 2 is 2.25 bits per heavy atom. The van der Waals surface area contributed by atoms with Crippen molar-refractivity contribution in [3.8, 4) is 0 Å². The van der Waals surface area contributed by atoms with Crippen LogP contribution in [0.3, 0.4) is 0 Å². The molecule has 1 heterocycles. The Hall–Kier alpha value is -1.75. The van der Waals surface area contributed by atoms with E-state index in [9.17, 15) is 0 Å². The van der Waals surface area contributed by atoms with Gasteiger partial charge in [0.05, 0.1) is 6.10 Å². The summed E-state index contributed by atoms with van der Waals surface area (Å²) in [4.78, 5) is 4.29. The average molecular weight is 219 g/mol. The van der Waals surface area contributed by atoms with Crippen molar-refractivity contribution in [2.75, 3.05) is 11.1 Å². The van der Waals surface area contributed by atoms with Crippen molar-refractivity contribution < 1.29 is 9.52 Å². The molecule has 1 saturated carbocycles. The fourth-order valence-corrected chi connectivity index (χ4v) is 1.88. The van der Waals surface area contributed by atoms with E-state index in [1.165, 1.54) is 0 Å². The molecule has 3 rings (SSSR count). The number of hydrogen-bond acceptors (Lipinski definition) is 5. The number of anilines is 2. The maximum absolute atomic E-state index is 9.16. The third-order valence-corrected chi connectivity index (χ3v) is 2.85. The monoisotopic (exact) mass is 219 g/mol. The molecule has 0 radical (unpaired) electrons. The number of nitrogens with one attached hydrogen (secondary N) is 1. The lowest BCUT2D eigenvalue weighted by atomic mass is 9.90. The van der Waals surface area contributed by atoms with Crippen LogP contribution in [0.2, 0.25) is 0 Å². The Morgan fingerprint density at radius 1 is 1.44 bits per heavy atom. The molecule has 0 atom stereocenters. The molecule has 5 nitrogen and oxygen atoms in total. The number of aliphatic hydroxyl groups excluding tert-OH is 1. The number of nitrogen functional groups attached to an aromatic ring is 1. The van der Waals surface area contributed by atoms with Crippen LogP contribution in [0.5, 0.6) is 0 Å². The second-order valence-corrected chi connectivity index (χ2v) is 4.21. The van der Waals surface area contributed by atoms with Gasteiger partial charge in [-0.15, -0.1) is 0 Å². The fraction of sp³-hybridized carbons (Fsp3) is 0.364. The number of hydrogen-bond donors (Lipinski definition) is 3. The number of nitrogens with two attached hydrogens (primary N) is 1. The molecule has 2 aromatic rings. The first-order valence-electron chi connectivity index (χ1n) is 5.31. The van der Waals surface area contributed by atoms with Crippen LogP contribution in [0.15, 0.2) is 22.6 Å². The predicted octanol–water partition coefficient (Wildman–Crippen LogP) is 1.35. The molecule has 16 heavy (non-hydrogen) atoms. The molecule has 0 aliphatic heterocycles. The quantitative estimate of drug-likeness (QED) is 0.664. The first kappa shape index (κ1) is 9.47. The molecular weight excluding hydrogens is 206 g/mol. The van der Waals surface area contributed by atoms with E-state index < -0.39 is 0 Å². The smallest absolute Gasteiger partial charge is 0.295 e. The highest BCUT2D eigenvalue weighted by molar-refractivity contribution is 5.78. The van der Waals surface area contributed by atoms with E-state index in [-0.39, 0.29) is 12.1 Å². The zero-order valence-electron chi connectivity index (χ0n) is 8.68. The number of aromatic nitrogens is 1. The van der Waals surface area contributed by atoms with Crippen molar-refractivity contribution in [3.63, 3.8) is 0 Å². The first-order valence-corrected chi connectivity index (χ1v) is 5.31. The number of oxazole rings is 1. The number of fused-ring (bicyclic) bond motifs is 1. The Labute approximate surface area is 92.3 Å². The molecule has 0 saturated heterocycles. The summed E-state index contributed by atoms with van der Waals surface area (Å²) < 4.78 is 5.51. The van der Waals surface area contributed by atoms with Crippen LogP contribution in [0.4, 0.5) is 11.7 Å². The van der Waals surface area contributed by atoms with Gasteiger partial charge in [0, 0.05) is 17.8 Å². The van der Waals surface area contributed by atoms with Gasteiger partial charge in [0.2, 0.25) is 0 Å². The zero-order valence-corrected chi connectivity index (χ0v) is 8.68. The SMILES string of the molecule is Nc1ccc2nc(NC3CC(O)C3)oc2c1. The van der Waals surface area contributed by atoms with Crippen molar-refractivity contribution in [2.24, 2.45) is 0 Å². The van der Waals surface area contributed by atoms with Crippen molar-refractivity contribution in [1.29, 1.82) is 0 Å². The van der Waals surface area contributed by atoms with Crippen LogP contribution in [0, 0.1) is 0 Å². The van der Waals surface area contributed by atoms with Crippen molar-refractivity contribution >= 4 is 22.8 Å². The van der Waals surface area contributed by atoms with Crippen molar-refractivity contribution in [3.05, 3.63) is 18.2 Å². The van der Waals surface area contributed by atoms with Gasteiger partial charge in [-0.1, -0.05) is 0 Å². The summed E-state index contributed by atoms with van der Waals surface area (Å²) in [5.74, 6) is 0. The number of nitrogens with zero attached hydrogens (tertiary/aromatic N) is 1. The van der Waals surface area contributed by atoms with Crippen LogP contribution in [0.25, 0.3) is 11.1 Å². The molecule has 84 valence electrons. The highest BCUT2D eigenvalue weighted by Crippen LogP contribution is 2.26. The highest BCUT2D eigenvalue weighted by atomic mass is 16.4. The number of benzene rings is 1. The van der Waals surface area contributed by atoms with E-state index in [0.717, 1.165) is 18.4 Å². The molecule has 5 heteroatoms. The minimum absolute atomic E-state index is 0.183. The van der Waals surface area contributed by atoms with Gasteiger partial charge >= 0.3 is 0 Å². The van der Waals surface area contributed by atoms with Crippen LogP contribution in [-0.2, 0) is 0 Å². The number of rotatable bonds is 2. The van der Waals surface area contributed by atoms with E-state index in [0.29, 0.717) is 17.3 Å². The molecule has 1 aromatic carbocycles. The van der Waals surface area contributed by atoms with Gasteiger partial charge in [-0.3, -0.25) is 0 Å². The summed E-state index contributed by atoms with van der Waals surface area (Å²) in [6, 6.07) is 6.14. The Balaban J connectivity index is 1.82. The summed E-state index contributed by atoms with van der Waals surface area (Å²) in [6.07, 6.45) is 1.32. The van der Waals surface area contributed by atoms with Crippen molar-refractivity contribution in [2.45, 2.75) is 25.0 Å². The summed E-state index contributed by atoms with van der Waals surface area (Å²) in [5, 5.41) is 12.3. The van der Waals surface area contributed by atoms with Gasteiger partial charge < -0.3 is 20.6 Å². The maximum Gasteiger partial charge on any atom is 0.295 e. The van der Waals surface area contributed by atoms with Crippen LogP contribution in [0.1, 0.15) is 12.8 Å². The summed E-state index contributed by atoms with van der Waals surface area (Å²) in [6.45, 7) is 0. The van der Waals surface area contributed by atoms with Crippen LogP contribution in [-0.4, -0.2) is 22.2 Å². The summed E-state index contributed by atoms with van der Waals surface area (Å²) in [7, 11) is 0. The van der Waals surface area contributed by atoms with Gasteiger partial charge in [-0.25, -0.2) is 0 Å². The third-order valence-electron chi connectivity index (χ3n) is 2.85. The lowest BCUT2D eigenvalue weighted by molar-refractivity contribution is 0.0829. The molecule has 1 fully saturated rings. The largest absolute Gasteiger partial charge is 0.423 e. The Morgan fingerprint density at radius 3 is 3.00 bits per heavy atom. The van der Waals surface area contributed by atoms with Gasteiger partial charge in [0.15, 0.2) is 5.58 Å². The maximum atomic E-state index is 9.16. The molecule has 0 bridgehead atoms. The Kier molecular flexibility index (Phi) is 2.00. The average Bonchev–Trinajstić information content (AvgIpc) is 2.57. The fourth-order valence-electron chi connectivity index (χ4n) is 1.88. The van der Waals surface area contributed by atoms with E-state index in [1.807, 2.05) is 6.07 Å².